The van der Waals surface area contributed by atoms with Crippen molar-refractivity contribution < 1.29 is 9.84 Å². The Morgan fingerprint density at radius 3 is 2.29 bits per heavy atom. The van der Waals surface area contributed by atoms with Gasteiger partial charge in [0.15, 0.2) is 0 Å². The Kier molecular flexibility index (Phi) is 4.45. The van der Waals surface area contributed by atoms with Gasteiger partial charge in [0.2, 0.25) is 0 Å². The number of aliphatic hydroxyl groups is 1. The van der Waals surface area contributed by atoms with Crippen LogP contribution in [-0.2, 0) is 4.74 Å². The first-order chi connectivity index (χ1) is 8.13. The van der Waals surface area contributed by atoms with E-state index in [2.05, 4.69) is 18.7 Å². The molecular formula is C14H27NO2. The third-order valence-electron chi connectivity index (χ3n) is 4.39. The second-order valence-corrected chi connectivity index (χ2v) is 6.41. The van der Waals surface area contributed by atoms with E-state index in [1.807, 2.05) is 0 Å². The highest BCUT2D eigenvalue weighted by atomic mass is 16.5. The zero-order valence-corrected chi connectivity index (χ0v) is 11.3. The van der Waals surface area contributed by atoms with Crippen LogP contribution in [0.15, 0.2) is 0 Å². The van der Waals surface area contributed by atoms with Crippen molar-refractivity contribution in [3.8, 4) is 0 Å². The number of likely N-dealkylation sites (tertiary alicyclic amines) is 1. The molecule has 0 spiro atoms. The van der Waals surface area contributed by atoms with Crippen molar-refractivity contribution in [2.45, 2.75) is 33.1 Å². The number of ether oxygens (including phenoxy) is 1. The highest BCUT2D eigenvalue weighted by Gasteiger charge is 2.35. The molecule has 0 saturated carbocycles. The van der Waals surface area contributed by atoms with Gasteiger partial charge in [-0.1, -0.05) is 13.8 Å². The highest BCUT2D eigenvalue weighted by molar-refractivity contribution is 4.87. The minimum Gasteiger partial charge on any atom is -0.396 e. The summed E-state index contributed by atoms with van der Waals surface area (Å²) in [6.07, 6.45) is 3.39. The first kappa shape index (κ1) is 13.3. The van der Waals surface area contributed by atoms with Crippen LogP contribution in [0.5, 0.6) is 0 Å². The third-order valence-corrected chi connectivity index (χ3v) is 4.39. The topological polar surface area (TPSA) is 32.7 Å². The monoisotopic (exact) mass is 241 g/mol. The molecule has 0 aliphatic carbocycles. The zero-order valence-electron chi connectivity index (χ0n) is 11.3. The van der Waals surface area contributed by atoms with Gasteiger partial charge >= 0.3 is 0 Å². The molecule has 2 unspecified atom stereocenters. The summed E-state index contributed by atoms with van der Waals surface area (Å²) in [5, 5.41) is 9.72. The molecule has 3 heteroatoms. The Bertz CT molecular complexity index is 228. The fraction of sp³-hybridized carbons (Fsp3) is 1.00. The van der Waals surface area contributed by atoms with Crippen LogP contribution in [0.4, 0.5) is 0 Å². The van der Waals surface area contributed by atoms with Gasteiger partial charge in [0.25, 0.3) is 0 Å². The van der Waals surface area contributed by atoms with E-state index in [9.17, 15) is 5.11 Å². The molecule has 2 fully saturated rings. The minimum atomic E-state index is 0.106. The van der Waals surface area contributed by atoms with E-state index < -0.39 is 0 Å². The number of hydrogen-bond donors (Lipinski definition) is 1. The molecule has 2 heterocycles. The average molecular weight is 241 g/mol. The van der Waals surface area contributed by atoms with Gasteiger partial charge in [-0.3, -0.25) is 0 Å². The molecule has 2 aliphatic rings. The normalized spacial score (nSPS) is 34.8. The van der Waals surface area contributed by atoms with Crippen molar-refractivity contribution in [2.24, 2.45) is 17.3 Å². The van der Waals surface area contributed by atoms with E-state index in [4.69, 9.17) is 4.74 Å². The van der Waals surface area contributed by atoms with Crippen LogP contribution in [0.3, 0.4) is 0 Å². The molecular weight excluding hydrogens is 214 g/mol. The van der Waals surface area contributed by atoms with Crippen LogP contribution in [0.2, 0.25) is 0 Å². The van der Waals surface area contributed by atoms with Crippen molar-refractivity contribution in [3.05, 3.63) is 0 Å². The number of piperidine rings is 1. The number of hydrogen-bond acceptors (Lipinski definition) is 3. The summed E-state index contributed by atoms with van der Waals surface area (Å²) in [6.45, 7) is 10.1. The predicted molar refractivity (Wildman–Crippen MR) is 69.0 cm³/mol. The second kappa shape index (κ2) is 5.68. The molecule has 17 heavy (non-hydrogen) atoms. The summed E-state index contributed by atoms with van der Waals surface area (Å²) in [7, 11) is 0. The summed E-state index contributed by atoms with van der Waals surface area (Å²) >= 11 is 0. The van der Waals surface area contributed by atoms with Gasteiger partial charge in [-0.25, -0.2) is 0 Å². The van der Waals surface area contributed by atoms with E-state index in [0.717, 1.165) is 44.4 Å². The van der Waals surface area contributed by atoms with Gasteiger partial charge in [0, 0.05) is 38.3 Å². The average Bonchev–Trinajstić information content (AvgIpc) is 2.29. The standard InChI is InChI=1S/C14H27NO2/c1-12-7-13(2)9-15(8-12)10-14(11-16)3-5-17-6-4-14/h12-13,16H,3-11H2,1-2H3. The summed E-state index contributed by atoms with van der Waals surface area (Å²) in [4.78, 5) is 2.57. The fourth-order valence-electron chi connectivity index (χ4n) is 3.57. The van der Waals surface area contributed by atoms with E-state index in [1.54, 1.807) is 0 Å². The molecule has 0 aromatic carbocycles. The maximum Gasteiger partial charge on any atom is 0.0501 e. The smallest absolute Gasteiger partial charge is 0.0501 e. The summed E-state index contributed by atoms with van der Waals surface area (Å²) in [5.41, 5.74) is 0.106. The number of aliphatic hydroxyl groups excluding tert-OH is 1. The quantitative estimate of drug-likeness (QED) is 0.817. The van der Waals surface area contributed by atoms with Crippen LogP contribution in [0.1, 0.15) is 33.1 Å². The molecule has 0 bridgehead atoms. The Morgan fingerprint density at radius 2 is 1.76 bits per heavy atom. The van der Waals surface area contributed by atoms with Gasteiger partial charge in [0.1, 0.15) is 0 Å². The van der Waals surface area contributed by atoms with E-state index >= 15 is 0 Å². The molecule has 2 aliphatic heterocycles. The highest BCUT2D eigenvalue weighted by Crippen LogP contribution is 2.33. The molecule has 3 nitrogen and oxygen atoms in total. The van der Waals surface area contributed by atoms with Gasteiger partial charge in [-0.15, -0.1) is 0 Å². The van der Waals surface area contributed by atoms with Gasteiger partial charge in [-0.2, -0.15) is 0 Å². The Labute approximate surface area is 105 Å². The van der Waals surface area contributed by atoms with Gasteiger partial charge < -0.3 is 14.7 Å². The minimum absolute atomic E-state index is 0.106. The molecule has 2 saturated heterocycles. The summed E-state index contributed by atoms with van der Waals surface area (Å²) in [5.74, 6) is 1.60. The van der Waals surface area contributed by atoms with Crippen LogP contribution in [0, 0.1) is 17.3 Å². The molecule has 2 rings (SSSR count). The van der Waals surface area contributed by atoms with Crippen LogP contribution < -0.4 is 0 Å². The van der Waals surface area contributed by atoms with Gasteiger partial charge in [-0.05, 0) is 31.1 Å². The maximum atomic E-state index is 9.72. The van der Waals surface area contributed by atoms with E-state index in [1.165, 1.54) is 19.5 Å². The summed E-state index contributed by atoms with van der Waals surface area (Å²) < 4.78 is 5.43. The Balaban J connectivity index is 1.93. The Morgan fingerprint density at radius 1 is 1.18 bits per heavy atom. The molecule has 2 atom stereocenters. The summed E-state index contributed by atoms with van der Waals surface area (Å²) in [6, 6.07) is 0. The van der Waals surface area contributed by atoms with E-state index in [-0.39, 0.29) is 5.41 Å². The lowest BCUT2D eigenvalue weighted by Gasteiger charge is -2.43. The number of nitrogens with zero attached hydrogens (tertiary/aromatic N) is 1. The maximum absolute atomic E-state index is 9.72. The van der Waals surface area contributed by atoms with Crippen molar-refractivity contribution in [3.63, 3.8) is 0 Å². The van der Waals surface area contributed by atoms with Gasteiger partial charge in [0.05, 0.1) is 6.61 Å². The lowest BCUT2D eigenvalue weighted by Crippen LogP contribution is -2.48. The second-order valence-electron chi connectivity index (χ2n) is 6.41. The van der Waals surface area contributed by atoms with Crippen LogP contribution >= 0.6 is 0 Å². The SMILES string of the molecule is CC1CC(C)CN(CC2(CO)CCOCC2)C1. The fourth-order valence-corrected chi connectivity index (χ4v) is 3.57. The van der Waals surface area contributed by atoms with Crippen LogP contribution in [0.25, 0.3) is 0 Å². The number of rotatable bonds is 3. The molecule has 1 N–H and O–H groups in total. The lowest BCUT2D eigenvalue weighted by molar-refractivity contribution is -0.0425. The van der Waals surface area contributed by atoms with Crippen molar-refractivity contribution in [2.75, 3.05) is 39.5 Å². The largest absolute Gasteiger partial charge is 0.396 e. The molecule has 0 aromatic heterocycles. The molecule has 0 amide bonds. The van der Waals surface area contributed by atoms with E-state index in [0.29, 0.717) is 6.61 Å². The van der Waals surface area contributed by atoms with Crippen molar-refractivity contribution >= 4 is 0 Å². The molecule has 0 radical (unpaired) electrons. The first-order valence-corrected chi connectivity index (χ1v) is 7.04. The predicted octanol–water partition coefficient (Wildman–Crippen LogP) is 1.75. The molecule has 0 aromatic rings. The lowest BCUT2D eigenvalue weighted by atomic mass is 9.79. The van der Waals surface area contributed by atoms with Crippen molar-refractivity contribution in [1.29, 1.82) is 0 Å². The van der Waals surface area contributed by atoms with Crippen molar-refractivity contribution in [1.82, 2.24) is 4.90 Å². The van der Waals surface area contributed by atoms with Crippen LogP contribution in [-0.4, -0.2) is 49.5 Å². The Hall–Kier alpha value is -0.120. The molecule has 100 valence electrons. The first-order valence-electron chi connectivity index (χ1n) is 7.04. The zero-order chi connectivity index (χ0) is 12.3. The third kappa shape index (κ3) is 3.43.